The molecule has 0 amide bonds. The van der Waals surface area contributed by atoms with Crippen molar-refractivity contribution < 1.29 is 18.7 Å². The van der Waals surface area contributed by atoms with Gasteiger partial charge in [0, 0.05) is 12.3 Å². The second-order valence-electron chi connectivity index (χ2n) is 11.6. The molecule has 0 heterocycles. The number of halogens is 2. The summed E-state index contributed by atoms with van der Waals surface area (Å²) < 4.78 is 22.6. The Balaban J connectivity index is 0.000000264. The zero-order valence-corrected chi connectivity index (χ0v) is 32.0. The Morgan fingerprint density at radius 3 is 1.80 bits per heavy atom. The molecule has 4 aromatic rings. The van der Waals surface area contributed by atoms with Crippen molar-refractivity contribution in [2.75, 3.05) is 13.7 Å². The van der Waals surface area contributed by atoms with Gasteiger partial charge in [-0.2, -0.15) is 0 Å². The fraction of sp³-hybridized carbons (Fsp3) is 0.250. The molecule has 4 rings (SSSR count). The molecular formula is C44H49BrFO3P. The molecule has 0 spiro atoms. The molecule has 0 radical (unpaired) electrons. The number of methoxy groups -OCH3 is 1. The van der Waals surface area contributed by atoms with E-state index in [1.165, 1.54) is 35.2 Å². The van der Waals surface area contributed by atoms with E-state index in [4.69, 9.17) is 11.2 Å². The molecule has 50 heavy (non-hydrogen) atoms. The second-order valence-corrected chi connectivity index (χ2v) is 14.4. The number of hydrogen-bond acceptors (Lipinski definition) is 3. The minimum Gasteiger partial charge on any atom is -0.493 e. The predicted molar refractivity (Wildman–Crippen MR) is 216 cm³/mol. The third-order valence-corrected chi connectivity index (χ3v) is 10.4. The first-order valence-electron chi connectivity index (χ1n) is 16.8. The minimum absolute atomic E-state index is 0.127. The normalized spacial score (nSPS) is 12.7. The van der Waals surface area contributed by atoms with Gasteiger partial charge in [-0.15, -0.1) is 6.42 Å². The molecule has 0 aromatic heterocycles. The number of allylic oxidation sites excluding steroid dienone is 4. The van der Waals surface area contributed by atoms with E-state index in [9.17, 15) is 9.18 Å². The average Bonchev–Trinajstić information content (AvgIpc) is 3.15. The van der Waals surface area contributed by atoms with E-state index in [0.717, 1.165) is 12.8 Å². The summed E-state index contributed by atoms with van der Waals surface area (Å²) in [5.41, 5.74) is 0. The number of benzene rings is 4. The predicted octanol–water partition coefficient (Wildman–Crippen LogP) is 10.5. The Morgan fingerprint density at radius 2 is 1.34 bits per heavy atom. The Kier molecular flexibility index (Phi) is 21.6. The molecule has 0 unspecified atom stereocenters. The van der Waals surface area contributed by atoms with Crippen LogP contribution in [0.5, 0.6) is 5.75 Å². The van der Waals surface area contributed by atoms with Gasteiger partial charge in [-0.05, 0) is 83.8 Å². The van der Waals surface area contributed by atoms with E-state index < -0.39 is 7.92 Å². The van der Waals surface area contributed by atoms with E-state index >= 15 is 0 Å². The van der Waals surface area contributed by atoms with Crippen LogP contribution in [0.1, 0.15) is 40.0 Å². The first kappa shape index (κ1) is 41.9. The molecule has 0 saturated carbocycles. The van der Waals surface area contributed by atoms with Crippen LogP contribution in [0.25, 0.3) is 0 Å². The first-order valence-corrected chi connectivity index (χ1v) is 19.0. The Labute approximate surface area is 309 Å². The molecular weight excluding hydrogens is 706 g/mol. The van der Waals surface area contributed by atoms with Gasteiger partial charge in [0.25, 0.3) is 0 Å². The highest BCUT2D eigenvalue weighted by Gasteiger charge is 2.15. The summed E-state index contributed by atoms with van der Waals surface area (Å²) in [5, 5.41) is 4.19. The lowest BCUT2D eigenvalue weighted by atomic mass is 9.90. The van der Waals surface area contributed by atoms with Crippen molar-refractivity contribution in [2.45, 2.75) is 40.0 Å². The monoisotopic (exact) mass is 754 g/mol. The first-order chi connectivity index (χ1) is 24.3. The zero-order chi connectivity index (χ0) is 36.4. The standard InChI is InChI=1S/C18H15P.C15H22O2.C11H12BrFO/c1-4-10-16(11-5-1)19(17-12-6-2-7-13-17)18-14-8-3-9-15-18;1-5-6-7-8-10-13(2)14(3)11-9-12-15(16)17-4;1-9(6-7-12)8-14-11-4-2-10(13)3-5-11/h1-15H;1,6-8,10,13-14H,9,11-12H2,2-4H3;2-7,9H,8H2,1H3/b;7-6+,10-8+;7-6+/t;13-,14+;9-/m.10/s1. The molecule has 3 atom stereocenters. The van der Waals surface area contributed by atoms with Crippen LogP contribution in [-0.2, 0) is 9.53 Å². The molecule has 0 N–H and O–H groups in total. The van der Waals surface area contributed by atoms with Crippen LogP contribution in [0.3, 0.4) is 0 Å². The van der Waals surface area contributed by atoms with E-state index in [-0.39, 0.29) is 11.8 Å². The van der Waals surface area contributed by atoms with Gasteiger partial charge < -0.3 is 9.47 Å². The number of terminal acetylenes is 1. The van der Waals surface area contributed by atoms with Crippen molar-refractivity contribution in [1.29, 1.82) is 0 Å². The Bertz CT molecular complexity index is 1510. The number of ether oxygens (including phenoxy) is 2. The topological polar surface area (TPSA) is 35.5 Å². The largest absolute Gasteiger partial charge is 0.493 e. The lowest BCUT2D eigenvalue weighted by molar-refractivity contribution is -0.140. The highest BCUT2D eigenvalue weighted by molar-refractivity contribution is 9.11. The summed E-state index contributed by atoms with van der Waals surface area (Å²) in [6.45, 7) is 7.00. The van der Waals surface area contributed by atoms with Gasteiger partial charge >= 0.3 is 5.97 Å². The molecule has 0 aliphatic rings. The molecule has 0 aliphatic carbocycles. The fourth-order valence-electron chi connectivity index (χ4n) is 4.59. The van der Waals surface area contributed by atoms with Gasteiger partial charge in [-0.3, -0.25) is 4.79 Å². The van der Waals surface area contributed by atoms with Gasteiger partial charge in [-0.1, -0.05) is 158 Å². The number of carbonyl (C=O) groups is 1. The number of esters is 1. The minimum atomic E-state index is -0.446. The van der Waals surface area contributed by atoms with Crippen LogP contribution < -0.4 is 20.7 Å². The maximum absolute atomic E-state index is 12.5. The molecule has 262 valence electrons. The van der Waals surface area contributed by atoms with Crippen molar-refractivity contribution in [3.63, 3.8) is 0 Å². The molecule has 4 aromatic carbocycles. The lowest BCUT2D eigenvalue weighted by Gasteiger charge is -2.18. The van der Waals surface area contributed by atoms with Crippen molar-refractivity contribution in [3.05, 3.63) is 156 Å². The van der Waals surface area contributed by atoms with Crippen molar-refractivity contribution in [3.8, 4) is 18.1 Å². The van der Waals surface area contributed by atoms with Crippen LogP contribution in [0.15, 0.2) is 151 Å². The molecule has 0 fully saturated rings. The van der Waals surface area contributed by atoms with E-state index in [1.807, 2.05) is 30.1 Å². The molecule has 6 heteroatoms. The third-order valence-electron chi connectivity index (χ3n) is 7.65. The lowest BCUT2D eigenvalue weighted by Crippen LogP contribution is -2.20. The van der Waals surface area contributed by atoms with Gasteiger partial charge in [0.05, 0.1) is 13.7 Å². The van der Waals surface area contributed by atoms with Gasteiger partial charge in [-0.25, -0.2) is 4.39 Å². The number of rotatable bonds is 14. The van der Waals surface area contributed by atoms with Crippen molar-refractivity contribution >= 4 is 45.7 Å². The smallest absolute Gasteiger partial charge is 0.305 e. The summed E-state index contributed by atoms with van der Waals surface area (Å²) in [7, 11) is 0.980. The van der Waals surface area contributed by atoms with Crippen molar-refractivity contribution in [2.24, 2.45) is 17.8 Å². The summed E-state index contributed by atoms with van der Waals surface area (Å²) in [5.74, 6) is 4.13. The maximum Gasteiger partial charge on any atom is 0.305 e. The van der Waals surface area contributed by atoms with Gasteiger partial charge in [0.15, 0.2) is 0 Å². The van der Waals surface area contributed by atoms with Crippen LogP contribution in [0.2, 0.25) is 0 Å². The van der Waals surface area contributed by atoms with Crippen LogP contribution in [0.4, 0.5) is 4.39 Å². The Morgan fingerprint density at radius 1 is 0.820 bits per heavy atom. The third kappa shape index (κ3) is 17.4. The average molecular weight is 756 g/mol. The quantitative estimate of drug-likeness (QED) is 0.0557. The number of hydrogen-bond donors (Lipinski definition) is 0. The van der Waals surface area contributed by atoms with Crippen LogP contribution >= 0.6 is 23.9 Å². The van der Waals surface area contributed by atoms with E-state index in [1.54, 1.807) is 18.2 Å². The van der Waals surface area contributed by atoms with Crippen LogP contribution in [-0.4, -0.2) is 19.7 Å². The summed E-state index contributed by atoms with van der Waals surface area (Å²) in [4.78, 5) is 12.8. The summed E-state index contributed by atoms with van der Waals surface area (Å²) in [6, 6.07) is 38.4. The summed E-state index contributed by atoms with van der Waals surface area (Å²) in [6.07, 6.45) is 17.1. The maximum atomic E-state index is 12.5. The highest BCUT2D eigenvalue weighted by Crippen LogP contribution is 2.32. The SMILES string of the molecule is C#C/C=C/C=C/[C@@H](C)[C@@H](C)CCCC(=O)OC.C[C@@H](/C=C/Br)COc1ccc(F)cc1.c1ccc(P(c2ccccc2)c2ccccc2)cc1. The highest BCUT2D eigenvalue weighted by atomic mass is 79.9. The van der Waals surface area contributed by atoms with Crippen LogP contribution in [0, 0.1) is 35.9 Å². The molecule has 3 nitrogen and oxygen atoms in total. The fourth-order valence-corrected chi connectivity index (χ4v) is 7.42. The van der Waals surface area contributed by atoms with E-state index in [0.29, 0.717) is 36.5 Å². The summed E-state index contributed by atoms with van der Waals surface area (Å²) >= 11 is 3.20. The molecule has 0 bridgehead atoms. The van der Waals surface area contributed by atoms with Gasteiger partial charge in [0.1, 0.15) is 11.6 Å². The van der Waals surface area contributed by atoms with Crippen molar-refractivity contribution in [1.82, 2.24) is 0 Å². The van der Waals surface area contributed by atoms with Gasteiger partial charge in [0.2, 0.25) is 0 Å². The second kappa shape index (κ2) is 25.7. The Hall–Kier alpha value is -4.23. The molecule has 0 aliphatic heterocycles. The number of carbonyl (C=O) groups excluding carboxylic acids is 1. The van der Waals surface area contributed by atoms with E-state index in [2.05, 4.69) is 138 Å². The molecule has 0 saturated heterocycles. The zero-order valence-electron chi connectivity index (χ0n) is 29.5.